The van der Waals surface area contributed by atoms with E-state index in [2.05, 4.69) is 10.3 Å². The summed E-state index contributed by atoms with van der Waals surface area (Å²) in [5.41, 5.74) is 6.77. The fourth-order valence-corrected chi connectivity index (χ4v) is 1.91. The maximum Gasteiger partial charge on any atom is 0.149 e. The molecule has 5 nitrogen and oxygen atoms in total. The summed E-state index contributed by atoms with van der Waals surface area (Å²) in [6, 6.07) is 3.63. The molecule has 1 aromatic heterocycles. The first-order chi connectivity index (χ1) is 8.29. The lowest BCUT2D eigenvalue weighted by atomic mass is 10.2. The van der Waals surface area contributed by atoms with Crippen LogP contribution in [0.1, 0.15) is 24.8 Å². The Kier molecular flexibility index (Phi) is 3.78. The van der Waals surface area contributed by atoms with E-state index in [9.17, 15) is 0 Å². The number of aromatic nitrogens is 1. The van der Waals surface area contributed by atoms with Gasteiger partial charge in [0.2, 0.25) is 0 Å². The van der Waals surface area contributed by atoms with Gasteiger partial charge in [0.15, 0.2) is 0 Å². The highest BCUT2D eigenvalue weighted by Gasteiger charge is 2.14. The van der Waals surface area contributed by atoms with Crippen LogP contribution in [0.4, 0.5) is 11.5 Å². The SMILES string of the molecule is N#Cc1cnc(NCCC2CCCO2)c(N)c1. The normalized spacial score (nSPS) is 18.9. The van der Waals surface area contributed by atoms with Gasteiger partial charge in [-0.2, -0.15) is 5.26 Å². The smallest absolute Gasteiger partial charge is 0.149 e. The largest absolute Gasteiger partial charge is 0.396 e. The van der Waals surface area contributed by atoms with E-state index in [1.807, 2.05) is 6.07 Å². The second kappa shape index (κ2) is 5.51. The number of nitrogen functional groups attached to an aromatic ring is 1. The number of pyridine rings is 1. The molecule has 17 heavy (non-hydrogen) atoms. The molecule has 1 aliphatic rings. The third kappa shape index (κ3) is 3.08. The van der Waals surface area contributed by atoms with Crippen molar-refractivity contribution in [2.24, 2.45) is 0 Å². The molecule has 1 aliphatic heterocycles. The maximum atomic E-state index is 8.69. The van der Waals surface area contributed by atoms with Gasteiger partial charge in [-0.1, -0.05) is 0 Å². The summed E-state index contributed by atoms with van der Waals surface area (Å²) in [6.07, 6.45) is 5.13. The van der Waals surface area contributed by atoms with E-state index in [-0.39, 0.29) is 0 Å². The summed E-state index contributed by atoms with van der Waals surface area (Å²) >= 11 is 0. The van der Waals surface area contributed by atoms with E-state index in [4.69, 9.17) is 15.7 Å². The Morgan fingerprint density at radius 1 is 1.65 bits per heavy atom. The van der Waals surface area contributed by atoms with Crippen LogP contribution in [0.2, 0.25) is 0 Å². The Morgan fingerprint density at radius 3 is 3.18 bits per heavy atom. The first kappa shape index (κ1) is 11.7. The molecule has 90 valence electrons. The third-order valence-corrected chi connectivity index (χ3v) is 2.83. The molecule has 2 rings (SSSR count). The number of hydrogen-bond donors (Lipinski definition) is 2. The van der Waals surface area contributed by atoms with E-state index in [0.717, 1.165) is 32.4 Å². The highest BCUT2D eigenvalue weighted by Crippen LogP contribution is 2.18. The number of nitrogens with two attached hydrogens (primary N) is 1. The van der Waals surface area contributed by atoms with Gasteiger partial charge >= 0.3 is 0 Å². The van der Waals surface area contributed by atoms with E-state index >= 15 is 0 Å². The number of nitrogens with zero attached hydrogens (tertiary/aromatic N) is 2. The summed E-state index contributed by atoms with van der Waals surface area (Å²) in [6.45, 7) is 1.66. The van der Waals surface area contributed by atoms with E-state index in [1.54, 1.807) is 6.07 Å². The lowest BCUT2D eigenvalue weighted by Crippen LogP contribution is -2.14. The van der Waals surface area contributed by atoms with Gasteiger partial charge in [0.1, 0.15) is 11.9 Å². The van der Waals surface area contributed by atoms with Crippen LogP contribution in [0.3, 0.4) is 0 Å². The van der Waals surface area contributed by atoms with Crippen molar-refractivity contribution in [3.63, 3.8) is 0 Å². The lowest BCUT2D eigenvalue weighted by molar-refractivity contribution is 0.107. The summed E-state index contributed by atoms with van der Waals surface area (Å²) in [7, 11) is 0. The topological polar surface area (TPSA) is 84.0 Å². The van der Waals surface area contributed by atoms with Gasteiger partial charge in [0, 0.05) is 19.3 Å². The van der Waals surface area contributed by atoms with E-state index in [0.29, 0.717) is 23.2 Å². The van der Waals surface area contributed by atoms with E-state index < -0.39 is 0 Å². The molecule has 1 unspecified atom stereocenters. The highest BCUT2D eigenvalue weighted by molar-refractivity contribution is 5.62. The molecular weight excluding hydrogens is 216 g/mol. The molecule has 0 aromatic carbocycles. The van der Waals surface area contributed by atoms with Gasteiger partial charge < -0.3 is 15.8 Å². The van der Waals surface area contributed by atoms with Gasteiger partial charge in [-0.25, -0.2) is 4.98 Å². The van der Waals surface area contributed by atoms with Gasteiger partial charge in [0.25, 0.3) is 0 Å². The summed E-state index contributed by atoms with van der Waals surface area (Å²) in [5.74, 6) is 0.641. The van der Waals surface area contributed by atoms with Crippen LogP contribution >= 0.6 is 0 Å². The second-order valence-corrected chi connectivity index (χ2v) is 4.12. The molecule has 0 spiro atoms. The third-order valence-electron chi connectivity index (χ3n) is 2.83. The lowest BCUT2D eigenvalue weighted by Gasteiger charge is -2.11. The van der Waals surface area contributed by atoms with Crippen molar-refractivity contribution in [3.8, 4) is 6.07 Å². The average Bonchev–Trinajstić information content (AvgIpc) is 2.84. The van der Waals surface area contributed by atoms with Crippen LogP contribution < -0.4 is 11.1 Å². The minimum absolute atomic E-state index is 0.363. The van der Waals surface area contributed by atoms with Gasteiger partial charge in [-0.3, -0.25) is 0 Å². The minimum Gasteiger partial charge on any atom is -0.396 e. The molecule has 2 heterocycles. The Hall–Kier alpha value is -1.80. The van der Waals surface area contributed by atoms with Crippen LogP contribution in [0.5, 0.6) is 0 Å². The van der Waals surface area contributed by atoms with Crippen molar-refractivity contribution in [1.29, 1.82) is 5.26 Å². The fraction of sp³-hybridized carbons (Fsp3) is 0.500. The van der Waals surface area contributed by atoms with Gasteiger partial charge in [0.05, 0.1) is 17.4 Å². The predicted molar refractivity (Wildman–Crippen MR) is 65.4 cm³/mol. The second-order valence-electron chi connectivity index (χ2n) is 4.12. The highest BCUT2D eigenvalue weighted by atomic mass is 16.5. The minimum atomic E-state index is 0.363. The monoisotopic (exact) mass is 232 g/mol. The fourth-order valence-electron chi connectivity index (χ4n) is 1.91. The van der Waals surface area contributed by atoms with Crippen molar-refractivity contribution in [1.82, 2.24) is 4.98 Å². The Balaban J connectivity index is 1.84. The molecule has 0 amide bonds. The molecule has 1 saturated heterocycles. The molecule has 0 bridgehead atoms. The molecule has 3 N–H and O–H groups in total. The number of nitrogens with one attached hydrogen (secondary N) is 1. The van der Waals surface area contributed by atoms with Gasteiger partial charge in [-0.05, 0) is 25.3 Å². The van der Waals surface area contributed by atoms with Crippen molar-refractivity contribution in [2.45, 2.75) is 25.4 Å². The zero-order valence-electron chi connectivity index (χ0n) is 9.65. The summed E-state index contributed by atoms with van der Waals surface area (Å²) in [5, 5.41) is 11.9. The Bertz CT molecular complexity index is 421. The van der Waals surface area contributed by atoms with Crippen LogP contribution in [0.25, 0.3) is 0 Å². The maximum absolute atomic E-state index is 8.69. The first-order valence-electron chi connectivity index (χ1n) is 5.80. The quantitative estimate of drug-likeness (QED) is 0.822. The number of nitriles is 1. The summed E-state index contributed by atoms with van der Waals surface area (Å²) in [4.78, 5) is 4.11. The predicted octanol–water partition coefficient (Wildman–Crippen LogP) is 1.52. The van der Waals surface area contributed by atoms with Crippen molar-refractivity contribution < 1.29 is 4.74 Å². The van der Waals surface area contributed by atoms with Crippen LogP contribution in [-0.2, 0) is 4.74 Å². The molecule has 0 aliphatic carbocycles. The van der Waals surface area contributed by atoms with Crippen LogP contribution in [0.15, 0.2) is 12.3 Å². The molecule has 5 heteroatoms. The van der Waals surface area contributed by atoms with Crippen molar-refractivity contribution in [2.75, 3.05) is 24.2 Å². The number of rotatable bonds is 4. The molecular formula is C12H16N4O. The zero-order chi connectivity index (χ0) is 12.1. The van der Waals surface area contributed by atoms with Gasteiger partial charge in [-0.15, -0.1) is 0 Å². The standard InChI is InChI=1S/C12H16N4O/c13-7-9-6-11(14)12(16-8-9)15-4-3-10-2-1-5-17-10/h6,8,10H,1-5,14H2,(H,15,16). The van der Waals surface area contributed by atoms with E-state index in [1.165, 1.54) is 6.20 Å². The molecule has 1 fully saturated rings. The number of hydrogen-bond acceptors (Lipinski definition) is 5. The van der Waals surface area contributed by atoms with Crippen LogP contribution in [-0.4, -0.2) is 24.2 Å². The van der Waals surface area contributed by atoms with Crippen molar-refractivity contribution in [3.05, 3.63) is 17.8 Å². The molecule has 0 saturated carbocycles. The summed E-state index contributed by atoms with van der Waals surface area (Å²) < 4.78 is 5.52. The van der Waals surface area contributed by atoms with Crippen molar-refractivity contribution >= 4 is 11.5 Å². The van der Waals surface area contributed by atoms with Crippen LogP contribution in [0, 0.1) is 11.3 Å². The average molecular weight is 232 g/mol. The Labute approximate surface area is 101 Å². The Morgan fingerprint density at radius 2 is 2.53 bits per heavy atom. The zero-order valence-corrected chi connectivity index (χ0v) is 9.65. The number of ether oxygens (including phenoxy) is 1. The first-order valence-corrected chi connectivity index (χ1v) is 5.80. The number of anilines is 2. The molecule has 1 atom stereocenters. The molecule has 1 aromatic rings. The molecule has 0 radical (unpaired) electrons.